The van der Waals surface area contributed by atoms with Crippen molar-refractivity contribution in [2.45, 2.75) is 12.3 Å². The van der Waals surface area contributed by atoms with E-state index in [2.05, 4.69) is 144 Å². The van der Waals surface area contributed by atoms with E-state index in [9.17, 15) is 0 Å². The molecular weight excluding hydrogens is 641 g/mol. The van der Waals surface area contributed by atoms with Gasteiger partial charge in [0.25, 0.3) is 0 Å². The SMILES string of the molecule is C1=CCNC(c2cc(-c3ccc(-c4ccc5sc6c(ccc7c(C8C=CC=CC8)nc8ccccc8c76)c5c4)cc3)cc(-c3ccccn3)n2)=C1. The lowest BCUT2D eigenvalue weighted by atomic mass is 9.91. The fourth-order valence-electron chi connectivity index (χ4n) is 7.51. The lowest BCUT2D eigenvalue weighted by Gasteiger charge is -2.17. The Kier molecular flexibility index (Phi) is 7.17. The van der Waals surface area contributed by atoms with Crippen molar-refractivity contribution in [3.8, 4) is 33.6 Å². The second kappa shape index (κ2) is 12.3. The van der Waals surface area contributed by atoms with Crippen molar-refractivity contribution in [2.24, 2.45) is 0 Å². The van der Waals surface area contributed by atoms with Crippen LogP contribution in [0.25, 0.3) is 81.2 Å². The Bertz CT molecular complexity index is 2770. The van der Waals surface area contributed by atoms with Gasteiger partial charge in [-0.2, -0.15) is 0 Å². The van der Waals surface area contributed by atoms with Gasteiger partial charge in [-0.3, -0.25) is 9.97 Å². The van der Waals surface area contributed by atoms with Crippen LogP contribution in [0.5, 0.6) is 0 Å². The highest BCUT2D eigenvalue weighted by molar-refractivity contribution is 7.26. The molecule has 1 unspecified atom stereocenters. The zero-order valence-electron chi connectivity index (χ0n) is 27.8. The van der Waals surface area contributed by atoms with Crippen LogP contribution in [0.1, 0.15) is 23.7 Å². The molecule has 2 aliphatic rings. The molecule has 0 radical (unpaired) electrons. The number of nitrogens with one attached hydrogen (secondary N) is 1. The lowest BCUT2D eigenvalue weighted by Crippen LogP contribution is -2.15. The van der Waals surface area contributed by atoms with Crippen molar-refractivity contribution < 1.29 is 0 Å². The first-order valence-corrected chi connectivity index (χ1v) is 18.2. The smallest absolute Gasteiger partial charge is 0.0900 e. The van der Waals surface area contributed by atoms with Gasteiger partial charge in [0.15, 0.2) is 0 Å². The van der Waals surface area contributed by atoms with Crippen molar-refractivity contribution in [2.75, 3.05) is 6.54 Å². The first kappa shape index (κ1) is 29.7. The Balaban J connectivity index is 1.06. The van der Waals surface area contributed by atoms with Crippen molar-refractivity contribution in [3.05, 3.63) is 169 Å². The van der Waals surface area contributed by atoms with E-state index >= 15 is 0 Å². The molecule has 10 rings (SSSR count). The van der Waals surface area contributed by atoms with Crippen LogP contribution in [0.15, 0.2) is 158 Å². The Morgan fingerprint density at radius 3 is 2.25 bits per heavy atom. The standard InChI is InChI=1S/C46H32N4S/c1-2-10-31(11-3-1)45-36-22-21-34-37-26-32(20-23-43(37)51-46(34)44(36)35-12-4-5-13-38(35)50-45)29-16-18-30(19-17-29)33-27-41(39-14-6-8-24-47-39)49-42(28-33)40-15-7-9-25-48-40/h1-10,12-24,26-28,31,48H,11,25H2. The van der Waals surface area contributed by atoms with Crippen molar-refractivity contribution in [1.82, 2.24) is 20.3 Å². The van der Waals surface area contributed by atoms with Gasteiger partial charge in [-0.05, 0) is 77.2 Å². The number of hydrogen-bond donors (Lipinski definition) is 1. The second-order valence-electron chi connectivity index (χ2n) is 13.2. The lowest BCUT2D eigenvalue weighted by molar-refractivity contribution is 0.832. The number of hydrogen-bond acceptors (Lipinski definition) is 5. The number of thiophene rings is 1. The molecule has 4 nitrogen and oxygen atoms in total. The van der Waals surface area contributed by atoms with Gasteiger partial charge in [0.05, 0.1) is 34.0 Å². The highest BCUT2D eigenvalue weighted by Gasteiger charge is 2.20. The number of para-hydroxylation sites is 1. The van der Waals surface area contributed by atoms with Gasteiger partial charge in [-0.25, -0.2) is 4.98 Å². The minimum atomic E-state index is 0.280. The Morgan fingerprint density at radius 2 is 1.43 bits per heavy atom. The number of benzene rings is 4. The average molecular weight is 673 g/mol. The maximum Gasteiger partial charge on any atom is 0.0900 e. The third-order valence-electron chi connectivity index (χ3n) is 10.1. The number of fused-ring (bicyclic) bond motifs is 7. The topological polar surface area (TPSA) is 50.7 Å². The summed E-state index contributed by atoms with van der Waals surface area (Å²) in [6.07, 6.45) is 17.9. The number of allylic oxidation sites excluding steroid dienone is 6. The highest BCUT2D eigenvalue weighted by Crippen LogP contribution is 2.44. The zero-order chi connectivity index (χ0) is 33.7. The fourth-order valence-corrected chi connectivity index (χ4v) is 8.76. The quantitative estimate of drug-likeness (QED) is 0.185. The molecule has 0 fully saturated rings. The van der Waals surface area contributed by atoms with E-state index in [0.717, 1.165) is 52.4 Å². The van der Waals surface area contributed by atoms with Gasteiger partial charge in [0.2, 0.25) is 0 Å². The minimum absolute atomic E-state index is 0.280. The molecule has 0 saturated heterocycles. The summed E-state index contributed by atoms with van der Waals surface area (Å²) in [5.41, 5.74) is 10.5. The molecule has 4 aromatic heterocycles. The fraction of sp³-hybridized carbons (Fsp3) is 0.0652. The van der Waals surface area contributed by atoms with E-state index in [1.807, 2.05) is 35.7 Å². The van der Waals surface area contributed by atoms with Crippen LogP contribution in [0.3, 0.4) is 0 Å². The van der Waals surface area contributed by atoms with E-state index in [1.54, 1.807) is 0 Å². The first-order valence-electron chi connectivity index (χ1n) is 17.4. The van der Waals surface area contributed by atoms with E-state index in [4.69, 9.17) is 9.97 Å². The van der Waals surface area contributed by atoms with Crippen LogP contribution in [0.2, 0.25) is 0 Å². The van der Waals surface area contributed by atoms with E-state index in [0.29, 0.717) is 0 Å². The predicted molar refractivity (Wildman–Crippen MR) is 215 cm³/mol. The Hall–Kier alpha value is -6.17. The van der Waals surface area contributed by atoms with Gasteiger partial charge in [0.1, 0.15) is 0 Å². The van der Waals surface area contributed by atoms with Gasteiger partial charge in [0, 0.05) is 55.0 Å². The molecule has 5 heterocycles. The van der Waals surface area contributed by atoms with Gasteiger partial charge in [-0.15, -0.1) is 11.3 Å². The molecule has 1 atom stereocenters. The van der Waals surface area contributed by atoms with Crippen LogP contribution >= 0.6 is 11.3 Å². The normalized spacial score (nSPS) is 15.5. The number of dihydropyridines is 1. The van der Waals surface area contributed by atoms with Crippen LogP contribution in [0, 0.1) is 0 Å². The van der Waals surface area contributed by atoms with Gasteiger partial charge >= 0.3 is 0 Å². The molecule has 5 heteroatoms. The van der Waals surface area contributed by atoms with Crippen molar-refractivity contribution >= 4 is 58.9 Å². The average Bonchev–Trinajstić information content (AvgIpc) is 3.59. The summed E-state index contributed by atoms with van der Waals surface area (Å²) < 4.78 is 2.63. The van der Waals surface area contributed by atoms with Crippen LogP contribution < -0.4 is 5.32 Å². The molecule has 51 heavy (non-hydrogen) atoms. The molecular formula is C46H32N4S. The monoisotopic (exact) mass is 672 g/mol. The molecule has 0 spiro atoms. The molecule has 0 saturated carbocycles. The van der Waals surface area contributed by atoms with Crippen molar-refractivity contribution in [3.63, 3.8) is 0 Å². The summed E-state index contributed by atoms with van der Waals surface area (Å²) in [4.78, 5) is 14.8. The largest absolute Gasteiger partial charge is 0.380 e. The van der Waals surface area contributed by atoms with Gasteiger partial charge < -0.3 is 5.32 Å². The van der Waals surface area contributed by atoms with E-state index in [-0.39, 0.29) is 5.92 Å². The summed E-state index contributed by atoms with van der Waals surface area (Å²) in [5, 5.41) is 9.86. The van der Waals surface area contributed by atoms with E-state index < -0.39 is 0 Å². The summed E-state index contributed by atoms with van der Waals surface area (Å²) >= 11 is 1.89. The zero-order valence-corrected chi connectivity index (χ0v) is 28.6. The Morgan fingerprint density at radius 1 is 0.608 bits per heavy atom. The minimum Gasteiger partial charge on any atom is -0.380 e. The first-order chi connectivity index (χ1) is 25.3. The maximum absolute atomic E-state index is 5.22. The van der Waals surface area contributed by atoms with E-state index in [1.165, 1.54) is 53.2 Å². The third kappa shape index (κ3) is 5.25. The Labute approximate surface area is 299 Å². The summed E-state index contributed by atoms with van der Waals surface area (Å²) in [6.45, 7) is 0.788. The molecule has 0 bridgehead atoms. The summed E-state index contributed by atoms with van der Waals surface area (Å²) in [5.74, 6) is 0.280. The molecule has 1 aliphatic heterocycles. The van der Waals surface area contributed by atoms with Crippen LogP contribution in [0.4, 0.5) is 0 Å². The molecule has 1 N–H and O–H groups in total. The molecule has 8 aromatic rings. The van der Waals surface area contributed by atoms with Gasteiger partial charge in [-0.1, -0.05) is 103 Å². The van der Waals surface area contributed by atoms with Crippen LogP contribution in [-0.2, 0) is 0 Å². The number of nitrogens with zero attached hydrogens (tertiary/aromatic N) is 3. The second-order valence-corrected chi connectivity index (χ2v) is 14.2. The molecule has 0 amide bonds. The van der Waals surface area contributed by atoms with Crippen molar-refractivity contribution in [1.29, 1.82) is 0 Å². The highest BCUT2D eigenvalue weighted by atomic mass is 32.1. The molecule has 1 aliphatic carbocycles. The maximum atomic E-state index is 5.22. The summed E-state index contributed by atoms with van der Waals surface area (Å²) in [6, 6.07) is 39.3. The number of pyridine rings is 3. The van der Waals surface area contributed by atoms with Crippen LogP contribution in [-0.4, -0.2) is 21.5 Å². The molecule has 4 aromatic carbocycles. The number of rotatable bonds is 5. The molecule has 242 valence electrons. The summed E-state index contributed by atoms with van der Waals surface area (Å²) in [7, 11) is 0. The number of aromatic nitrogens is 3. The third-order valence-corrected chi connectivity index (χ3v) is 11.3. The predicted octanol–water partition coefficient (Wildman–Crippen LogP) is 11.6.